The van der Waals surface area contributed by atoms with E-state index in [-0.39, 0.29) is 18.9 Å². The normalized spacial score (nSPS) is 13.7. The summed E-state index contributed by atoms with van der Waals surface area (Å²) < 4.78 is 38.3. The van der Waals surface area contributed by atoms with E-state index in [2.05, 4.69) is 5.32 Å². The highest BCUT2D eigenvalue weighted by molar-refractivity contribution is 7.89. The molecule has 3 aromatic rings. The van der Waals surface area contributed by atoms with Crippen molar-refractivity contribution >= 4 is 21.6 Å². The van der Waals surface area contributed by atoms with E-state index in [0.717, 1.165) is 22.3 Å². The van der Waals surface area contributed by atoms with Gasteiger partial charge in [-0.2, -0.15) is 4.31 Å². The van der Waals surface area contributed by atoms with Gasteiger partial charge < -0.3 is 14.8 Å². The van der Waals surface area contributed by atoms with E-state index >= 15 is 0 Å². The smallest absolute Gasteiger partial charge is 0.243 e. The fourth-order valence-corrected chi connectivity index (χ4v) is 5.47. The van der Waals surface area contributed by atoms with Crippen molar-refractivity contribution in [1.82, 2.24) is 4.31 Å². The molecular weight excluding hydrogens is 452 g/mol. The molecule has 0 radical (unpaired) electrons. The summed E-state index contributed by atoms with van der Waals surface area (Å²) in [5.74, 6) is 0.995. The van der Waals surface area contributed by atoms with Crippen molar-refractivity contribution in [3.63, 3.8) is 0 Å². The largest absolute Gasteiger partial charge is 0.493 e. The topological polar surface area (TPSA) is 84.9 Å². The summed E-state index contributed by atoms with van der Waals surface area (Å²) in [6.07, 6.45) is 0.797. The Kier molecular flexibility index (Phi) is 6.90. The molecule has 0 fully saturated rings. The summed E-state index contributed by atoms with van der Waals surface area (Å²) in [6, 6.07) is 17.9. The lowest BCUT2D eigenvalue weighted by molar-refractivity contribution is -0.115. The number of fused-ring (bicyclic) bond motifs is 1. The van der Waals surface area contributed by atoms with Gasteiger partial charge in [0, 0.05) is 18.8 Å². The van der Waals surface area contributed by atoms with Crippen LogP contribution in [0.3, 0.4) is 0 Å². The van der Waals surface area contributed by atoms with Crippen LogP contribution in [0.25, 0.3) is 0 Å². The first-order chi connectivity index (χ1) is 16.3. The van der Waals surface area contributed by atoms with Gasteiger partial charge in [-0.05, 0) is 66.4 Å². The Morgan fingerprint density at radius 1 is 0.941 bits per heavy atom. The number of sulfonamides is 1. The van der Waals surface area contributed by atoms with Crippen LogP contribution in [0.1, 0.15) is 22.3 Å². The number of anilines is 1. The number of nitrogens with one attached hydrogen (secondary N) is 1. The highest BCUT2D eigenvalue weighted by Gasteiger charge is 2.28. The molecule has 0 spiro atoms. The van der Waals surface area contributed by atoms with Crippen molar-refractivity contribution in [2.75, 3.05) is 26.1 Å². The van der Waals surface area contributed by atoms with Gasteiger partial charge in [-0.1, -0.05) is 29.8 Å². The Morgan fingerprint density at radius 2 is 1.68 bits per heavy atom. The number of aryl methyl sites for hydroxylation is 1. The second kappa shape index (κ2) is 9.87. The van der Waals surface area contributed by atoms with Gasteiger partial charge in [-0.3, -0.25) is 4.79 Å². The molecule has 0 aliphatic carbocycles. The molecule has 0 atom stereocenters. The minimum absolute atomic E-state index is 0.172. The third-order valence-corrected chi connectivity index (χ3v) is 7.80. The fraction of sp³-hybridized carbons (Fsp3) is 0.269. The van der Waals surface area contributed by atoms with E-state index in [9.17, 15) is 13.2 Å². The predicted octanol–water partition coefficient (Wildman–Crippen LogP) is 3.94. The van der Waals surface area contributed by atoms with Crippen LogP contribution in [-0.2, 0) is 34.2 Å². The molecule has 1 amide bonds. The van der Waals surface area contributed by atoms with Crippen LogP contribution in [0.15, 0.2) is 65.6 Å². The summed E-state index contributed by atoms with van der Waals surface area (Å²) >= 11 is 0. The number of hydrogen-bond donors (Lipinski definition) is 1. The highest BCUT2D eigenvalue weighted by atomic mass is 32.2. The van der Waals surface area contributed by atoms with Gasteiger partial charge >= 0.3 is 0 Å². The van der Waals surface area contributed by atoms with Crippen molar-refractivity contribution < 1.29 is 22.7 Å². The number of carbonyl (C=O) groups is 1. The van der Waals surface area contributed by atoms with Gasteiger partial charge in [0.15, 0.2) is 11.5 Å². The third-order valence-electron chi connectivity index (χ3n) is 5.94. The van der Waals surface area contributed by atoms with Gasteiger partial charge in [-0.15, -0.1) is 0 Å². The Bertz CT molecular complexity index is 1300. The summed E-state index contributed by atoms with van der Waals surface area (Å²) in [7, 11) is -0.471. The number of amides is 1. The van der Waals surface area contributed by atoms with Crippen molar-refractivity contribution in [3.05, 3.63) is 82.9 Å². The summed E-state index contributed by atoms with van der Waals surface area (Å²) in [5, 5.41) is 2.92. The monoisotopic (exact) mass is 480 g/mol. The third kappa shape index (κ3) is 5.08. The Morgan fingerprint density at radius 3 is 2.38 bits per heavy atom. The fourth-order valence-electron chi connectivity index (χ4n) is 4.05. The molecule has 178 valence electrons. The molecular formula is C26H28N2O5S. The van der Waals surface area contributed by atoms with Gasteiger partial charge in [0.2, 0.25) is 15.9 Å². The van der Waals surface area contributed by atoms with Crippen LogP contribution >= 0.6 is 0 Å². The lowest BCUT2D eigenvalue weighted by Gasteiger charge is -2.28. The first-order valence-electron chi connectivity index (χ1n) is 11.0. The van der Waals surface area contributed by atoms with Crippen molar-refractivity contribution in [1.29, 1.82) is 0 Å². The van der Waals surface area contributed by atoms with Gasteiger partial charge in [0.05, 0.1) is 25.5 Å². The lowest BCUT2D eigenvalue weighted by atomic mass is 10.0. The molecule has 0 bridgehead atoms. The maximum absolute atomic E-state index is 13.1. The standard InChI is InChI=1S/C26H28N2O5S/c1-18-4-9-23(10-5-18)34(30,31)28-13-12-20-7-8-22(16-21(20)17-28)27-26(29)15-19-6-11-24(32-2)25(14-19)33-3/h4-11,14,16H,12-13,15,17H2,1-3H3,(H,27,29). The van der Waals surface area contributed by atoms with Crippen LogP contribution in [0, 0.1) is 6.92 Å². The second-order valence-corrected chi connectivity index (χ2v) is 10.2. The molecule has 3 aromatic carbocycles. The highest BCUT2D eigenvalue weighted by Crippen LogP contribution is 2.29. The van der Waals surface area contributed by atoms with Crippen LogP contribution in [0.5, 0.6) is 11.5 Å². The van der Waals surface area contributed by atoms with E-state index in [4.69, 9.17) is 9.47 Å². The average molecular weight is 481 g/mol. The molecule has 1 N–H and O–H groups in total. The van der Waals surface area contributed by atoms with E-state index < -0.39 is 10.0 Å². The predicted molar refractivity (Wildman–Crippen MR) is 131 cm³/mol. The number of hydrogen-bond acceptors (Lipinski definition) is 5. The zero-order chi connectivity index (χ0) is 24.3. The average Bonchev–Trinajstić information content (AvgIpc) is 2.83. The molecule has 34 heavy (non-hydrogen) atoms. The Balaban J connectivity index is 1.47. The second-order valence-electron chi connectivity index (χ2n) is 8.30. The number of methoxy groups -OCH3 is 2. The van der Waals surface area contributed by atoms with E-state index in [1.165, 1.54) is 4.31 Å². The molecule has 0 saturated heterocycles. The van der Waals surface area contributed by atoms with E-state index in [1.807, 2.05) is 31.2 Å². The number of nitrogens with zero attached hydrogens (tertiary/aromatic N) is 1. The molecule has 7 nitrogen and oxygen atoms in total. The summed E-state index contributed by atoms with van der Waals surface area (Å²) in [5.41, 5.74) is 4.43. The number of ether oxygens (including phenoxy) is 2. The quantitative estimate of drug-likeness (QED) is 0.554. The summed E-state index contributed by atoms with van der Waals surface area (Å²) in [6.45, 7) is 2.62. The molecule has 1 heterocycles. The van der Waals surface area contributed by atoms with Gasteiger partial charge in [0.25, 0.3) is 0 Å². The van der Waals surface area contributed by atoms with Crippen LogP contribution in [0.2, 0.25) is 0 Å². The zero-order valence-electron chi connectivity index (χ0n) is 19.5. The van der Waals surface area contributed by atoms with Gasteiger partial charge in [-0.25, -0.2) is 8.42 Å². The molecule has 8 heteroatoms. The van der Waals surface area contributed by atoms with Crippen LogP contribution in [-0.4, -0.2) is 39.4 Å². The van der Waals surface area contributed by atoms with E-state index in [1.54, 1.807) is 50.6 Å². The molecule has 4 rings (SSSR count). The SMILES string of the molecule is COc1ccc(CC(=O)Nc2ccc3c(c2)CN(S(=O)(=O)c2ccc(C)cc2)CC3)cc1OC. The number of rotatable bonds is 7. The van der Waals surface area contributed by atoms with Crippen LogP contribution in [0.4, 0.5) is 5.69 Å². The number of benzene rings is 3. The molecule has 0 saturated carbocycles. The van der Waals surface area contributed by atoms with Crippen molar-refractivity contribution in [3.8, 4) is 11.5 Å². The van der Waals surface area contributed by atoms with Crippen molar-refractivity contribution in [2.45, 2.75) is 31.2 Å². The molecule has 1 aliphatic heterocycles. The van der Waals surface area contributed by atoms with Crippen molar-refractivity contribution in [2.24, 2.45) is 0 Å². The zero-order valence-corrected chi connectivity index (χ0v) is 20.3. The minimum Gasteiger partial charge on any atom is -0.493 e. The maximum Gasteiger partial charge on any atom is 0.243 e. The molecule has 1 aliphatic rings. The Labute approximate surface area is 200 Å². The van der Waals surface area contributed by atoms with Gasteiger partial charge in [0.1, 0.15) is 0 Å². The first-order valence-corrected chi connectivity index (χ1v) is 12.4. The molecule has 0 unspecified atom stereocenters. The lowest BCUT2D eigenvalue weighted by Crippen LogP contribution is -2.36. The van der Waals surface area contributed by atoms with Crippen LogP contribution < -0.4 is 14.8 Å². The molecule has 0 aromatic heterocycles. The number of carbonyl (C=O) groups excluding carboxylic acids is 1. The minimum atomic E-state index is -3.59. The first kappa shape index (κ1) is 23.8. The summed E-state index contributed by atoms with van der Waals surface area (Å²) in [4.78, 5) is 12.9. The van der Waals surface area contributed by atoms with E-state index in [0.29, 0.717) is 35.0 Å². The maximum atomic E-state index is 13.1. The Hall–Kier alpha value is -3.36.